The van der Waals surface area contributed by atoms with Crippen LogP contribution in [0.4, 0.5) is 0 Å². The number of hydrogen-bond acceptors (Lipinski definition) is 2. The van der Waals surface area contributed by atoms with Gasteiger partial charge < -0.3 is 16.6 Å². The van der Waals surface area contributed by atoms with E-state index < -0.39 is 0 Å². The van der Waals surface area contributed by atoms with Gasteiger partial charge in [0.25, 0.3) is 0 Å². The summed E-state index contributed by atoms with van der Waals surface area (Å²) in [5, 5.41) is 9.58. The molecule has 0 saturated heterocycles. The van der Waals surface area contributed by atoms with Crippen molar-refractivity contribution in [1.82, 2.24) is 0 Å². The van der Waals surface area contributed by atoms with E-state index in [0.29, 0.717) is 12.5 Å². The Bertz CT molecular complexity index is 160. The van der Waals surface area contributed by atoms with Crippen LogP contribution in [0.25, 0.3) is 0 Å². The lowest BCUT2D eigenvalue weighted by molar-refractivity contribution is 0.119. The molecule has 1 rings (SSSR count). The van der Waals surface area contributed by atoms with Gasteiger partial charge in [-0.2, -0.15) is 0 Å². The fourth-order valence-corrected chi connectivity index (χ4v) is 1.69. The molecule has 0 amide bonds. The number of nitrogens with zero attached hydrogens (tertiary/aromatic N) is 1. The van der Waals surface area contributed by atoms with Crippen LogP contribution in [-0.4, -0.2) is 23.7 Å². The quantitative estimate of drug-likeness (QED) is 0.406. The first-order valence-corrected chi connectivity index (χ1v) is 4.43. The van der Waals surface area contributed by atoms with Gasteiger partial charge in [0.1, 0.15) is 0 Å². The zero-order valence-electron chi connectivity index (χ0n) is 7.24. The third kappa shape index (κ3) is 2.70. The summed E-state index contributed by atoms with van der Waals surface area (Å²) in [4.78, 5) is 3.79. The second-order valence-corrected chi connectivity index (χ2v) is 3.38. The van der Waals surface area contributed by atoms with Crippen LogP contribution in [0.3, 0.4) is 0 Å². The van der Waals surface area contributed by atoms with Crippen molar-refractivity contribution < 1.29 is 5.11 Å². The summed E-state index contributed by atoms with van der Waals surface area (Å²) in [7, 11) is 0. The zero-order chi connectivity index (χ0) is 8.97. The fourth-order valence-electron chi connectivity index (χ4n) is 1.69. The standard InChI is InChI=1S/C8H17N3O/c9-8(10)11-5-7(12)6-3-1-2-4-6/h6-7,12H,1-5H2,(H4,9,10,11). The predicted molar refractivity (Wildman–Crippen MR) is 48.6 cm³/mol. The lowest BCUT2D eigenvalue weighted by Gasteiger charge is -2.14. The molecule has 0 aliphatic heterocycles. The molecule has 1 unspecified atom stereocenters. The first kappa shape index (κ1) is 9.32. The SMILES string of the molecule is NC(N)=NCC(O)C1CCCC1. The average molecular weight is 171 g/mol. The zero-order valence-corrected chi connectivity index (χ0v) is 7.24. The maximum Gasteiger partial charge on any atom is 0.185 e. The Balaban J connectivity index is 2.27. The molecule has 0 aromatic carbocycles. The molecule has 4 nitrogen and oxygen atoms in total. The number of nitrogens with two attached hydrogens (primary N) is 2. The van der Waals surface area contributed by atoms with Gasteiger partial charge in [-0.05, 0) is 18.8 Å². The van der Waals surface area contributed by atoms with Crippen LogP contribution in [0.15, 0.2) is 4.99 Å². The number of aliphatic hydroxyl groups is 1. The molecular formula is C8H17N3O. The van der Waals surface area contributed by atoms with E-state index in [1.165, 1.54) is 12.8 Å². The van der Waals surface area contributed by atoms with Crippen molar-refractivity contribution >= 4 is 5.96 Å². The van der Waals surface area contributed by atoms with Crippen molar-refractivity contribution in [2.75, 3.05) is 6.54 Å². The molecular weight excluding hydrogens is 154 g/mol. The molecule has 12 heavy (non-hydrogen) atoms. The van der Waals surface area contributed by atoms with E-state index in [4.69, 9.17) is 11.5 Å². The molecule has 4 heteroatoms. The van der Waals surface area contributed by atoms with Crippen molar-refractivity contribution in [3.63, 3.8) is 0 Å². The molecule has 0 heterocycles. The van der Waals surface area contributed by atoms with Gasteiger partial charge in [0.05, 0.1) is 12.6 Å². The molecule has 5 N–H and O–H groups in total. The van der Waals surface area contributed by atoms with Crippen LogP contribution >= 0.6 is 0 Å². The Morgan fingerprint density at radius 3 is 2.50 bits per heavy atom. The Kier molecular flexibility index (Phi) is 3.34. The maximum atomic E-state index is 9.58. The summed E-state index contributed by atoms with van der Waals surface area (Å²) in [6.07, 6.45) is 4.32. The molecule has 70 valence electrons. The minimum absolute atomic E-state index is 0.0621. The second-order valence-electron chi connectivity index (χ2n) is 3.38. The molecule has 1 fully saturated rings. The first-order valence-electron chi connectivity index (χ1n) is 4.43. The smallest absolute Gasteiger partial charge is 0.185 e. The van der Waals surface area contributed by atoms with Gasteiger partial charge in [-0.1, -0.05) is 12.8 Å². The normalized spacial score (nSPS) is 20.8. The molecule has 0 bridgehead atoms. The monoisotopic (exact) mass is 171 g/mol. The van der Waals surface area contributed by atoms with Crippen LogP contribution in [0, 0.1) is 5.92 Å². The Labute approximate surface area is 72.7 Å². The molecule has 0 aromatic rings. The summed E-state index contributed by atoms with van der Waals surface area (Å²) in [6, 6.07) is 0. The van der Waals surface area contributed by atoms with E-state index in [-0.39, 0.29) is 12.1 Å². The fraction of sp³-hybridized carbons (Fsp3) is 0.875. The van der Waals surface area contributed by atoms with Crippen LogP contribution in [0.1, 0.15) is 25.7 Å². The van der Waals surface area contributed by atoms with Gasteiger partial charge in [-0.25, -0.2) is 0 Å². The van der Waals surface area contributed by atoms with Gasteiger partial charge in [-0.15, -0.1) is 0 Å². The van der Waals surface area contributed by atoms with Crippen molar-refractivity contribution in [3.8, 4) is 0 Å². The third-order valence-electron chi connectivity index (χ3n) is 2.40. The van der Waals surface area contributed by atoms with Gasteiger partial charge in [0, 0.05) is 0 Å². The molecule has 1 aliphatic rings. The molecule has 1 saturated carbocycles. The first-order chi connectivity index (χ1) is 5.70. The summed E-state index contributed by atoms with van der Waals surface area (Å²) < 4.78 is 0. The highest BCUT2D eigenvalue weighted by Gasteiger charge is 2.22. The minimum Gasteiger partial charge on any atom is -0.391 e. The molecule has 1 aliphatic carbocycles. The van der Waals surface area contributed by atoms with Crippen LogP contribution < -0.4 is 11.5 Å². The average Bonchev–Trinajstić information content (AvgIpc) is 2.51. The molecule has 0 aromatic heterocycles. The lowest BCUT2D eigenvalue weighted by Crippen LogP contribution is -2.27. The highest BCUT2D eigenvalue weighted by Crippen LogP contribution is 2.27. The molecule has 0 radical (unpaired) electrons. The number of hydrogen-bond donors (Lipinski definition) is 3. The van der Waals surface area contributed by atoms with E-state index in [9.17, 15) is 5.11 Å². The Morgan fingerprint density at radius 2 is 2.00 bits per heavy atom. The van der Waals surface area contributed by atoms with Gasteiger partial charge in [0.15, 0.2) is 5.96 Å². The summed E-state index contributed by atoms with van der Waals surface area (Å²) >= 11 is 0. The van der Waals surface area contributed by atoms with Crippen molar-refractivity contribution in [1.29, 1.82) is 0 Å². The van der Waals surface area contributed by atoms with Gasteiger partial charge in [0.2, 0.25) is 0 Å². The highest BCUT2D eigenvalue weighted by molar-refractivity contribution is 5.75. The van der Waals surface area contributed by atoms with Crippen molar-refractivity contribution in [3.05, 3.63) is 0 Å². The Morgan fingerprint density at radius 1 is 1.42 bits per heavy atom. The summed E-state index contributed by atoms with van der Waals surface area (Å²) in [6.45, 7) is 0.354. The van der Waals surface area contributed by atoms with Crippen molar-refractivity contribution in [2.45, 2.75) is 31.8 Å². The van der Waals surface area contributed by atoms with Crippen LogP contribution in [-0.2, 0) is 0 Å². The second kappa shape index (κ2) is 4.30. The van der Waals surface area contributed by atoms with E-state index in [2.05, 4.69) is 4.99 Å². The minimum atomic E-state index is -0.352. The van der Waals surface area contributed by atoms with E-state index in [1.54, 1.807) is 0 Å². The maximum absolute atomic E-state index is 9.58. The van der Waals surface area contributed by atoms with Gasteiger partial charge >= 0.3 is 0 Å². The van der Waals surface area contributed by atoms with Crippen LogP contribution in [0.2, 0.25) is 0 Å². The van der Waals surface area contributed by atoms with Crippen molar-refractivity contribution in [2.24, 2.45) is 22.4 Å². The van der Waals surface area contributed by atoms with E-state index >= 15 is 0 Å². The lowest BCUT2D eigenvalue weighted by atomic mass is 10.0. The number of aliphatic hydroxyl groups excluding tert-OH is 1. The largest absolute Gasteiger partial charge is 0.391 e. The van der Waals surface area contributed by atoms with Gasteiger partial charge in [-0.3, -0.25) is 4.99 Å². The van der Waals surface area contributed by atoms with Crippen LogP contribution in [0.5, 0.6) is 0 Å². The predicted octanol–water partition coefficient (Wildman–Crippen LogP) is -0.189. The molecule has 0 spiro atoms. The highest BCUT2D eigenvalue weighted by atomic mass is 16.3. The summed E-state index contributed by atoms with van der Waals surface area (Å²) in [5.41, 5.74) is 10.3. The number of aliphatic imine (C=N–C) groups is 1. The number of guanidine groups is 1. The number of rotatable bonds is 3. The Hall–Kier alpha value is -0.770. The third-order valence-corrected chi connectivity index (χ3v) is 2.40. The summed E-state index contributed by atoms with van der Waals surface area (Å²) in [5.74, 6) is 0.472. The van der Waals surface area contributed by atoms with E-state index in [0.717, 1.165) is 12.8 Å². The topological polar surface area (TPSA) is 84.6 Å². The van der Waals surface area contributed by atoms with E-state index in [1.807, 2.05) is 0 Å². The molecule has 1 atom stereocenters.